The van der Waals surface area contributed by atoms with Crippen LogP contribution in [0.3, 0.4) is 0 Å². The molecule has 2 N–H and O–H groups in total. The number of hydrogen-bond donors (Lipinski definition) is 2. The highest BCUT2D eigenvalue weighted by molar-refractivity contribution is 5.75. The fourth-order valence-corrected chi connectivity index (χ4v) is 2.36. The summed E-state index contributed by atoms with van der Waals surface area (Å²) in [4.78, 5) is 11.5. The molecular formula is C13H17NO2. The highest BCUT2D eigenvalue weighted by Gasteiger charge is 2.39. The smallest absolute Gasteiger partial charge is 0.310 e. The van der Waals surface area contributed by atoms with E-state index in [2.05, 4.69) is 5.32 Å². The van der Waals surface area contributed by atoms with Crippen LogP contribution < -0.4 is 5.32 Å². The summed E-state index contributed by atoms with van der Waals surface area (Å²) in [7, 11) is 0. The Morgan fingerprint density at radius 3 is 2.44 bits per heavy atom. The largest absolute Gasteiger partial charge is 0.481 e. The van der Waals surface area contributed by atoms with Crippen LogP contribution in [0.15, 0.2) is 30.3 Å². The number of carboxylic acid groups (broad SMARTS) is 1. The lowest BCUT2D eigenvalue weighted by atomic mass is 9.74. The highest BCUT2D eigenvalue weighted by atomic mass is 16.4. The number of rotatable bonds is 3. The minimum Gasteiger partial charge on any atom is -0.481 e. The van der Waals surface area contributed by atoms with Gasteiger partial charge in [-0.1, -0.05) is 30.3 Å². The van der Waals surface area contributed by atoms with Gasteiger partial charge in [-0.2, -0.15) is 0 Å². The first-order chi connectivity index (χ1) is 7.73. The van der Waals surface area contributed by atoms with E-state index in [0.717, 1.165) is 31.5 Å². The zero-order valence-electron chi connectivity index (χ0n) is 9.28. The van der Waals surface area contributed by atoms with Gasteiger partial charge in [-0.25, -0.2) is 0 Å². The number of carboxylic acids is 1. The van der Waals surface area contributed by atoms with Gasteiger partial charge in [0.25, 0.3) is 0 Å². The molecular weight excluding hydrogens is 202 g/mol. The summed E-state index contributed by atoms with van der Waals surface area (Å²) in [6.07, 6.45) is 2.08. The van der Waals surface area contributed by atoms with E-state index in [1.54, 1.807) is 0 Å². The number of aliphatic carboxylic acids is 1. The predicted octanol–water partition coefficient (Wildman–Crippen LogP) is 1.68. The van der Waals surface area contributed by atoms with Gasteiger partial charge in [0, 0.05) is 0 Å². The normalized spacial score (nSPS) is 19.2. The third-order valence-corrected chi connectivity index (χ3v) is 3.40. The Balaban J connectivity index is 2.17. The average Bonchev–Trinajstić information content (AvgIpc) is 2.31. The lowest BCUT2D eigenvalue weighted by Gasteiger charge is -2.33. The Kier molecular flexibility index (Phi) is 3.25. The van der Waals surface area contributed by atoms with Crippen molar-refractivity contribution in [3.8, 4) is 0 Å². The lowest BCUT2D eigenvalue weighted by Crippen LogP contribution is -2.43. The van der Waals surface area contributed by atoms with E-state index in [1.807, 2.05) is 30.3 Å². The number of piperidine rings is 1. The molecule has 1 heterocycles. The van der Waals surface area contributed by atoms with Crippen LogP contribution in [0, 0.1) is 5.41 Å². The summed E-state index contributed by atoms with van der Waals surface area (Å²) in [5.41, 5.74) is 0.555. The van der Waals surface area contributed by atoms with Crippen molar-refractivity contribution in [2.45, 2.75) is 19.3 Å². The first kappa shape index (κ1) is 11.1. The van der Waals surface area contributed by atoms with Crippen molar-refractivity contribution in [2.75, 3.05) is 13.1 Å². The van der Waals surface area contributed by atoms with Gasteiger partial charge in [0.1, 0.15) is 0 Å². The minimum absolute atomic E-state index is 0.563. The number of carbonyl (C=O) groups is 1. The maximum Gasteiger partial charge on any atom is 0.310 e. The van der Waals surface area contributed by atoms with Crippen molar-refractivity contribution >= 4 is 5.97 Å². The molecule has 3 nitrogen and oxygen atoms in total. The third-order valence-electron chi connectivity index (χ3n) is 3.40. The van der Waals surface area contributed by atoms with Gasteiger partial charge in [-0.15, -0.1) is 0 Å². The van der Waals surface area contributed by atoms with Crippen LogP contribution >= 0.6 is 0 Å². The molecule has 0 bridgehead atoms. The Morgan fingerprint density at radius 1 is 1.25 bits per heavy atom. The first-order valence-corrected chi connectivity index (χ1v) is 5.71. The highest BCUT2D eigenvalue weighted by Crippen LogP contribution is 2.33. The van der Waals surface area contributed by atoms with Crippen molar-refractivity contribution in [3.05, 3.63) is 35.9 Å². The second-order valence-corrected chi connectivity index (χ2v) is 4.50. The Bertz CT molecular complexity index is 355. The zero-order chi connectivity index (χ0) is 11.4. The number of hydrogen-bond acceptors (Lipinski definition) is 2. The average molecular weight is 219 g/mol. The van der Waals surface area contributed by atoms with Crippen molar-refractivity contribution in [1.82, 2.24) is 5.32 Å². The molecule has 0 aliphatic carbocycles. The van der Waals surface area contributed by atoms with Crippen LogP contribution in [0.5, 0.6) is 0 Å². The first-order valence-electron chi connectivity index (χ1n) is 5.71. The molecule has 1 aliphatic rings. The molecule has 1 aliphatic heterocycles. The Morgan fingerprint density at radius 2 is 1.88 bits per heavy atom. The fraction of sp³-hybridized carbons (Fsp3) is 0.462. The minimum atomic E-state index is -0.655. The molecule has 2 rings (SSSR count). The van der Waals surface area contributed by atoms with Crippen molar-refractivity contribution in [3.63, 3.8) is 0 Å². The van der Waals surface area contributed by atoms with Crippen molar-refractivity contribution in [1.29, 1.82) is 0 Å². The fourth-order valence-electron chi connectivity index (χ4n) is 2.36. The molecule has 0 radical (unpaired) electrons. The standard InChI is InChI=1S/C13H17NO2/c15-12(16)13(6-8-14-9-7-13)10-11-4-2-1-3-5-11/h1-5,14H,6-10H2,(H,15,16). The van der Waals surface area contributed by atoms with Gasteiger partial charge < -0.3 is 10.4 Å². The summed E-state index contributed by atoms with van der Waals surface area (Å²) < 4.78 is 0. The molecule has 0 amide bonds. The van der Waals surface area contributed by atoms with Gasteiger partial charge in [0.2, 0.25) is 0 Å². The van der Waals surface area contributed by atoms with Gasteiger partial charge in [-0.05, 0) is 37.9 Å². The van der Waals surface area contributed by atoms with Gasteiger partial charge in [-0.3, -0.25) is 4.79 Å². The monoisotopic (exact) mass is 219 g/mol. The van der Waals surface area contributed by atoms with Crippen LogP contribution in [-0.4, -0.2) is 24.2 Å². The summed E-state index contributed by atoms with van der Waals surface area (Å²) in [6, 6.07) is 9.90. The van der Waals surface area contributed by atoms with Crippen LogP contribution in [-0.2, 0) is 11.2 Å². The van der Waals surface area contributed by atoms with Crippen LogP contribution in [0.25, 0.3) is 0 Å². The van der Waals surface area contributed by atoms with E-state index in [0.29, 0.717) is 6.42 Å². The SMILES string of the molecule is O=C(O)C1(Cc2ccccc2)CCNCC1. The molecule has 16 heavy (non-hydrogen) atoms. The molecule has 0 aromatic heterocycles. The topological polar surface area (TPSA) is 49.3 Å². The molecule has 1 saturated heterocycles. The molecule has 3 heteroatoms. The molecule has 0 atom stereocenters. The Labute approximate surface area is 95.5 Å². The van der Waals surface area contributed by atoms with E-state index in [9.17, 15) is 9.90 Å². The molecule has 1 aromatic rings. The molecule has 0 saturated carbocycles. The Hall–Kier alpha value is -1.35. The number of nitrogens with one attached hydrogen (secondary N) is 1. The quantitative estimate of drug-likeness (QED) is 0.813. The van der Waals surface area contributed by atoms with E-state index < -0.39 is 11.4 Å². The zero-order valence-corrected chi connectivity index (χ0v) is 9.28. The van der Waals surface area contributed by atoms with Gasteiger partial charge >= 0.3 is 5.97 Å². The molecule has 86 valence electrons. The second kappa shape index (κ2) is 4.66. The van der Waals surface area contributed by atoms with E-state index >= 15 is 0 Å². The molecule has 1 aromatic carbocycles. The molecule has 0 spiro atoms. The summed E-state index contributed by atoms with van der Waals surface area (Å²) in [5.74, 6) is -0.655. The van der Waals surface area contributed by atoms with E-state index in [4.69, 9.17) is 0 Å². The summed E-state index contributed by atoms with van der Waals surface area (Å²) in [6.45, 7) is 1.61. The maximum absolute atomic E-state index is 11.5. The van der Waals surface area contributed by atoms with Gasteiger partial charge in [0.15, 0.2) is 0 Å². The predicted molar refractivity (Wildman–Crippen MR) is 62.3 cm³/mol. The van der Waals surface area contributed by atoms with Crippen molar-refractivity contribution in [2.24, 2.45) is 5.41 Å². The van der Waals surface area contributed by atoms with Gasteiger partial charge in [0.05, 0.1) is 5.41 Å². The van der Waals surface area contributed by atoms with Crippen molar-refractivity contribution < 1.29 is 9.90 Å². The maximum atomic E-state index is 11.5. The third kappa shape index (κ3) is 2.25. The lowest BCUT2D eigenvalue weighted by molar-refractivity contribution is -0.150. The van der Waals surface area contributed by atoms with Crippen LogP contribution in [0.1, 0.15) is 18.4 Å². The molecule has 0 unspecified atom stereocenters. The molecule has 1 fully saturated rings. The van der Waals surface area contributed by atoms with Crippen LogP contribution in [0.2, 0.25) is 0 Å². The van der Waals surface area contributed by atoms with Crippen LogP contribution in [0.4, 0.5) is 0 Å². The summed E-state index contributed by atoms with van der Waals surface area (Å²) >= 11 is 0. The summed E-state index contributed by atoms with van der Waals surface area (Å²) in [5, 5.41) is 12.6. The second-order valence-electron chi connectivity index (χ2n) is 4.50. The van der Waals surface area contributed by atoms with E-state index in [-0.39, 0.29) is 0 Å². The number of benzene rings is 1. The van der Waals surface area contributed by atoms with E-state index in [1.165, 1.54) is 0 Å².